The van der Waals surface area contributed by atoms with E-state index < -0.39 is 0 Å². The quantitative estimate of drug-likeness (QED) is 0.315. The molecule has 2 heterocycles. The molecule has 5 nitrogen and oxygen atoms in total. The molecular formula is C29H26N4O. The number of rotatable bonds is 5. The summed E-state index contributed by atoms with van der Waals surface area (Å²) in [6, 6.07) is 27.8. The van der Waals surface area contributed by atoms with Crippen molar-refractivity contribution in [3.63, 3.8) is 0 Å². The lowest BCUT2D eigenvalue weighted by Gasteiger charge is -2.11. The maximum Gasteiger partial charge on any atom is 0.282 e. The van der Waals surface area contributed by atoms with Crippen molar-refractivity contribution < 1.29 is 0 Å². The van der Waals surface area contributed by atoms with Gasteiger partial charge in [-0.3, -0.25) is 4.79 Å². The van der Waals surface area contributed by atoms with Gasteiger partial charge in [0.25, 0.3) is 5.56 Å². The Morgan fingerprint density at radius 2 is 1.62 bits per heavy atom. The molecule has 0 saturated heterocycles. The second-order valence-electron chi connectivity index (χ2n) is 8.36. The monoisotopic (exact) mass is 446 g/mol. The molecule has 34 heavy (non-hydrogen) atoms. The summed E-state index contributed by atoms with van der Waals surface area (Å²) in [4.78, 5) is 18.2. The van der Waals surface area contributed by atoms with Gasteiger partial charge >= 0.3 is 0 Å². The van der Waals surface area contributed by atoms with E-state index in [-0.39, 0.29) is 5.56 Å². The minimum atomic E-state index is -0.190. The van der Waals surface area contributed by atoms with Crippen molar-refractivity contribution in [2.45, 2.75) is 27.2 Å². The van der Waals surface area contributed by atoms with Crippen molar-refractivity contribution in [3.05, 3.63) is 118 Å². The van der Waals surface area contributed by atoms with Crippen LogP contribution in [-0.2, 0) is 6.42 Å². The number of aromatic nitrogens is 3. The Balaban J connectivity index is 1.62. The number of hydrogen-bond acceptors (Lipinski definition) is 3. The fraction of sp³-hybridized carbons (Fsp3) is 0.138. The van der Waals surface area contributed by atoms with Crippen molar-refractivity contribution >= 4 is 17.1 Å². The van der Waals surface area contributed by atoms with Gasteiger partial charge in [0.15, 0.2) is 5.82 Å². The maximum atomic E-state index is 13.4. The Labute approximate surface area is 198 Å². The highest BCUT2D eigenvalue weighted by molar-refractivity contribution is 5.83. The molecular weight excluding hydrogens is 420 g/mol. The summed E-state index contributed by atoms with van der Waals surface area (Å²) in [5, 5.41) is 5.18. The molecule has 0 spiro atoms. The third kappa shape index (κ3) is 3.86. The molecule has 5 heteroatoms. The van der Waals surface area contributed by atoms with E-state index in [4.69, 9.17) is 4.98 Å². The van der Waals surface area contributed by atoms with Crippen molar-refractivity contribution in [1.29, 1.82) is 0 Å². The first-order chi connectivity index (χ1) is 16.6. The molecule has 0 aliphatic rings. The Morgan fingerprint density at radius 1 is 0.912 bits per heavy atom. The SMILES string of the molecule is CCc1ccc(-n2c(C)cc(C=Nn3c(-c4ccccc4)nc4ccccc4c3=O)c2C)cc1. The Bertz CT molecular complexity index is 1560. The van der Waals surface area contributed by atoms with Crippen LogP contribution in [0.2, 0.25) is 0 Å². The number of para-hydroxylation sites is 1. The van der Waals surface area contributed by atoms with Gasteiger partial charge in [0.05, 0.1) is 17.1 Å². The van der Waals surface area contributed by atoms with Gasteiger partial charge in [0.2, 0.25) is 0 Å². The molecule has 0 unspecified atom stereocenters. The van der Waals surface area contributed by atoms with E-state index in [0.29, 0.717) is 16.7 Å². The molecule has 0 atom stereocenters. The highest BCUT2D eigenvalue weighted by Crippen LogP contribution is 2.22. The molecule has 0 fully saturated rings. The van der Waals surface area contributed by atoms with Crippen LogP contribution in [0.4, 0.5) is 0 Å². The van der Waals surface area contributed by atoms with Crippen LogP contribution in [0.5, 0.6) is 0 Å². The molecule has 168 valence electrons. The van der Waals surface area contributed by atoms with Crippen LogP contribution < -0.4 is 5.56 Å². The number of benzene rings is 3. The molecule has 0 aliphatic carbocycles. The van der Waals surface area contributed by atoms with Gasteiger partial charge in [-0.15, -0.1) is 0 Å². The summed E-state index contributed by atoms with van der Waals surface area (Å²) >= 11 is 0. The summed E-state index contributed by atoms with van der Waals surface area (Å²) in [6.07, 6.45) is 2.77. The third-order valence-corrected chi connectivity index (χ3v) is 6.17. The predicted molar refractivity (Wildman–Crippen MR) is 139 cm³/mol. The Hall–Kier alpha value is -4.25. The van der Waals surface area contributed by atoms with Crippen molar-refractivity contribution in [3.8, 4) is 17.1 Å². The second-order valence-corrected chi connectivity index (χ2v) is 8.36. The molecule has 0 aliphatic heterocycles. The van der Waals surface area contributed by atoms with Crippen molar-refractivity contribution in [2.75, 3.05) is 0 Å². The number of aryl methyl sites for hydroxylation is 2. The molecule has 5 aromatic rings. The van der Waals surface area contributed by atoms with Crippen LogP contribution in [0.25, 0.3) is 28.0 Å². The summed E-state index contributed by atoms with van der Waals surface area (Å²) in [5.74, 6) is 0.518. The largest absolute Gasteiger partial charge is 0.318 e. The van der Waals surface area contributed by atoms with Crippen LogP contribution >= 0.6 is 0 Å². The van der Waals surface area contributed by atoms with Gasteiger partial charge in [-0.25, -0.2) is 4.98 Å². The first kappa shape index (κ1) is 21.6. The summed E-state index contributed by atoms with van der Waals surface area (Å²) in [6.45, 7) is 6.31. The van der Waals surface area contributed by atoms with Gasteiger partial charge in [-0.05, 0) is 56.2 Å². The zero-order valence-corrected chi connectivity index (χ0v) is 19.6. The van der Waals surface area contributed by atoms with E-state index >= 15 is 0 Å². The molecule has 0 amide bonds. The third-order valence-electron chi connectivity index (χ3n) is 6.17. The van der Waals surface area contributed by atoms with Crippen LogP contribution in [0.1, 0.15) is 29.4 Å². The number of fused-ring (bicyclic) bond motifs is 1. The van der Waals surface area contributed by atoms with E-state index in [2.05, 4.69) is 60.8 Å². The molecule has 0 N–H and O–H groups in total. The first-order valence-electron chi connectivity index (χ1n) is 11.5. The zero-order chi connectivity index (χ0) is 23.7. The van der Waals surface area contributed by atoms with E-state index in [9.17, 15) is 4.79 Å². The van der Waals surface area contributed by atoms with E-state index in [1.807, 2.05) is 48.5 Å². The number of nitrogens with zero attached hydrogens (tertiary/aromatic N) is 4. The van der Waals surface area contributed by atoms with Crippen LogP contribution in [0.3, 0.4) is 0 Å². The molecule has 0 saturated carbocycles. The van der Waals surface area contributed by atoms with E-state index in [1.54, 1.807) is 12.3 Å². The lowest BCUT2D eigenvalue weighted by Crippen LogP contribution is -2.20. The summed E-state index contributed by atoms with van der Waals surface area (Å²) in [7, 11) is 0. The van der Waals surface area contributed by atoms with Gasteiger partial charge in [0.1, 0.15) is 0 Å². The van der Waals surface area contributed by atoms with Gasteiger partial charge in [0, 0.05) is 28.2 Å². The summed E-state index contributed by atoms with van der Waals surface area (Å²) < 4.78 is 3.61. The van der Waals surface area contributed by atoms with E-state index in [0.717, 1.165) is 34.6 Å². The minimum Gasteiger partial charge on any atom is -0.318 e. The van der Waals surface area contributed by atoms with Crippen LogP contribution in [-0.4, -0.2) is 20.4 Å². The molecule has 0 radical (unpaired) electrons. The predicted octanol–water partition coefficient (Wildman–Crippen LogP) is 5.92. The Morgan fingerprint density at radius 3 is 2.35 bits per heavy atom. The Kier molecular flexibility index (Phi) is 5.68. The maximum absolute atomic E-state index is 13.4. The first-order valence-corrected chi connectivity index (χ1v) is 11.5. The highest BCUT2D eigenvalue weighted by atomic mass is 16.1. The molecule has 0 bridgehead atoms. The minimum absolute atomic E-state index is 0.190. The van der Waals surface area contributed by atoms with E-state index in [1.165, 1.54) is 10.2 Å². The number of hydrogen-bond donors (Lipinski definition) is 0. The molecule has 5 rings (SSSR count). The van der Waals surface area contributed by atoms with Gasteiger partial charge in [-0.2, -0.15) is 9.78 Å². The molecule has 3 aromatic carbocycles. The zero-order valence-electron chi connectivity index (χ0n) is 19.6. The van der Waals surface area contributed by atoms with Crippen molar-refractivity contribution in [1.82, 2.24) is 14.2 Å². The summed E-state index contributed by atoms with van der Waals surface area (Å²) in [5.41, 5.74) is 6.85. The fourth-order valence-corrected chi connectivity index (χ4v) is 4.32. The normalized spacial score (nSPS) is 11.5. The fourth-order valence-electron chi connectivity index (χ4n) is 4.32. The van der Waals surface area contributed by atoms with Gasteiger partial charge < -0.3 is 4.57 Å². The molecule has 2 aromatic heterocycles. The average Bonchev–Trinajstić information content (AvgIpc) is 3.16. The average molecular weight is 447 g/mol. The second kappa shape index (κ2) is 8.94. The highest BCUT2D eigenvalue weighted by Gasteiger charge is 2.13. The van der Waals surface area contributed by atoms with Gasteiger partial charge in [-0.1, -0.05) is 61.5 Å². The smallest absolute Gasteiger partial charge is 0.282 e. The lowest BCUT2D eigenvalue weighted by atomic mass is 10.1. The van der Waals surface area contributed by atoms with Crippen LogP contribution in [0.15, 0.2) is 94.8 Å². The standard InChI is InChI=1S/C29H26N4O/c1-4-22-14-16-25(17-15-22)32-20(2)18-24(21(32)3)19-30-33-28(23-10-6-5-7-11-23)31-27-13-9-8-12-26(27)29(33)34/h5-19H,4H2,1-3H3. The lowest BCUT2D eigenvalue weighted by molar-refractivity contribution is 0.829. The van der Waals surface area contributed by atoms with Crippen molar-refractivity contribution in [2.24, 2.45) is 5.10 Å². The topological polar surface area (TPSA) is 52.2 Å². The van der Waals surface area contributed by atoms with Crippen LogP contribution in [0, 0.1) is 13.8 Å².